The lowest BCUT2D eigenvalue weighted by Crippen LogP contribution is -1.89. The van der Waals surface area contributed by atoms with Crippen molar-refractivity contribution in [2.24, 2.45) is 21.2 Å². The van der Waals surface area contributed by atoms with E-state index in [0.29, 0.717) is 11.7 Å². The zero-order valence-corrected chi connectivity index (χ0v) is 8.31. The monoisotopic (exact) mass is 201 g/mol. The molecule has 3 N–H and O–H groups in total. The first-order valence-electron chi connectivity index (χ1n) is 4.53. The zero-order valence-electron chi connectivity index (χ0n) is 8.31. The number of aromatic amines is 1. The van der Waals surface area contributed by atoms with Crippen LogP contribution in [0.15, 0.2) is 45.7 Å². The number of hydrogen-bond donors (Lipinski definition) is 2. The number of H-pyrrole nitrogens is 1. The Morgan fingerprint density at radius 2 is 2.13 bits per heavy atom. The largest absolute Gasteiger partial charge is 0.338 e. The Labute approximate surface area is 86.7 Å². The number of nitrogens with two attached hydrogens (primary N) is 1. The topological polar surface area (TPSA) is 78.9 Å². The molecule has 2 rings (SSSR count). The second-order valence-electron chi connectivity index (χ2n) is 3.12. The summed E-state index contributed by atoms with van der Waals surface area (Å²) in [5, 5.41) is 12.3. The number of hydrogen-bond acceptors (Lipinski definition) is 3. The highest BCUT2D eigenvalue weighted by atomic mass is 15.2. The van der Waals surface area contributed by atoms with Crippen LogP contribution in [-0.2, 0) is 0 Å². The number of azo groups is 1. The molecule has 0 saturated heterocycles. The van der Waals surface area contributed by atoms with E-state index >= 15 is 0 Å². The number of fused-ring (bicyclic) bond motifs is 1. The quantitative estimate of drug-likeness (QED) is 0.240. The van der Waals surface area contributed by atoms with Crippen LogP contribution in [0, 0.1) is 0 Å². The predicted octanol–water partition coefficient (Wildman–Crippen LogP) is 2.54. The molecule has 0 aliphatic carbocycles. The SMILES string of the molecule is C/C(N=Nc1cc2ccccc2[nH]1)=N\N. The van der Waals surface area contributed by atoms with Gasteiger partial charge in [-0.1, -0.05) is 18.2 Å². The summed E-state index contributed by atoms with van der Waals surface area (Å²) in [6.07, 6.45) is 0. The summed E-state index contributed by atoms with van der Waals surface area (Å²) >= 11 is 0. The van der Waals surface area contributed by atoms with Gasteiger partial charge in [-0.15, -0.1) is 10.2 Å². The van der Waals surface area contributed by atoms with E-state index in [1.165, 1.54) is 0 Å². The molecule has 15 heavy (non-hydrogen) atoms. The van der Waals surface area contributed by atoms with Gasteiger partial charge in [-0.05, 0) is 19.1 Å². The van der Waals surface area contributed by atoms with Crippen molar-refractivity contribution in [3.8, 4) is 0 Å². The summed E-state index contributed by atoms with van der Waals surface area (Å²) in [5.41, 5.74) is 1.04. The first kappa shape index (κ1) is 9.39. The van der Waals surface area contributed by atoms with E-state index in [2.05, 4.69) is 20.3 Å². The number of nitrogens with zero attached hydrogens (tertiary/aromatic N) is 3. The molecule has 0 spiro atoms. The summed E-state index contributed by atoms with van der Waals surface area (Å²) in [4.78, 5) is 3.12. The minimum absolute atomic E-state index is 0.439. The molecule has 0 radical (unpaired) electrons. The molecule has 76 valence electrons. The van der Waals surface area contributed by atoms with Gasteiger partial charge < -0.3 is 10.8 Å². The molecule has 0 aliphatic heterocycles. The van der Waals surface area contributed by atoms with E-state index in [-0.39, 0.29) is 0 Å². The lowest BCUT2D eigenvalue weighted by atomic mass is 10.3. The van der Waals surface area contributed by atoms with Gasteiger partial charge in [0.25, 0.3) is 0 Å². The third-order valence-electron chi connectivity index (χ3n) is 2.01. The van der Waals surface area contributed by atoms with Crippen LogP contribution >= 0.6 is 0 Å². The Morgan fingerprint density at radius 3 is 2.87 bits per heavy atom. The van der Waals surface area contributed by atoms with E-state index in [4.69, 9.17) is 5.84 Å². The zero-order chi connectivity index (χ0) is 10.7. The highest BCUT2D eigenvalue weighted by Gasteiger charge is 1.97. The van der Waals surface area contributed by atoms with Crippen molar-refractivity contribution < 1.29 is 0 Å². The fraction of sp³-hybridized carbons (Fsp3) is 0.100. The third-order valence-corrected chi connectivity index (χ3v) is 2.01. The van der Waals surface area contributed by atoms with Crippen LogP contribution in [0.4, 0.5) is 5.82 Å². The van der Waals surface area contributed by atoms with Gasteiger partial charge in [-0.3, -0.25) is 0 Å². The molecule has 1 aromatic heterocycles. The van der Waals surface area contributed by atoms with Crippen LogP contribution in [0.1, 0.15) is 6.92 Å². The Morgan fingerprint density at radius 1 is 1.33 bits per heavy atom. The second kappa shape index (κ2) is 3.91. The van der Waals surface area contributed by atoms with E-state index in [9.17, 15) is 0 Å². The molecule has 1 aromatic carbocycles. The summed E-state index contributed by atoms with van der Waals surface area (Å²) < 4.78 is 0. The number of aromatic nitrogens is 1. The van der Waals surface area contributed by atoms with Crippen molar-refractivity contribution in [1.29, 1.82) is 0 Å². The molecule has 5 heteroatoms. The smallest absolute Gasteiger partial charge is 0.167 e. The van der Waals surface area contributed by atoms with Crippen LogP contribution in [0.25, 0.3) is 10.9 Å². The van der Waals surface area contributed by atoms with Crippen molar-refractivity contribution in [1.82, 2.24) is 4.98 Å². The minimum atomic E-state index is 0.439. The predicted molar refractivity (Wildman–Crippen MR) is 60.1 cm³/mol. The summed E-state index contributed by atoms with van der Waals surface area (Å²) in [5.74, 6) is 6.17. The maximum absolute atomic E-state index is 5.04. The fourth-order valence-electron chi connectivity index (χ4n) is 1.26. The fourth-order valence-corrected chi connectivity index (χ4v) is 1.26. The van der Waals surface area contributed by atoms with E-state index in [1.54, 1.807) is 6.92 Å². The summed E-state index contributed by atoms with van der Waals surface area (Å²) in [6.45, 7) is 1.69. The van der Waals surface area contributed by atoms with Gasteiger partial charge in [-0.25, -0.2) is 0 Å². The minimum Gasteiger partial charge on any atom is -0.338 e. The maximum Gasteiger partial charge on any atom is 0.167 e. The average Bonchev–Trinajstić information content (AvgIpc) is 2.68. The first-order valence-corrected chi connectivity index (χ1v) is 4.53. The van der Waals surface area contributed by atoms with Crippen molar-refractivity contribution in [3.05, 3.63) is 30.3 Å². The third kappa shape index (κ3) is 2.01. The van der Waals surface area contributed by atoms with Gasteiger partial charge in [0.05, 0.1) is 0 Å². The van der Waals surface area contributed by atoms with Crippen LogP contribution in [-0.4, -0.2) is 10.8 Å². The van der Waals surface area contributed by atoms with Gasteiger partial charge in [0.15, 0.2) is 11.7 Å². The number of amidine groups is 1. The molecule has 0 unspecified atom stereocenters. The van der Waals surface area contributed by atoms with Crippen molar-refractivity contribution in [2.45, 2.75) is 6.92 Å². The van der Waals surface area contributed by atoms with Gasteiger partial charge in [0.2, 0.25) is 0 Å². The van der Waals surface area contributed by atoms with Crippen molar-refractivity contribution in [3.63, 3.8) is 0 Å². The lowest BCUT2D eigenvalue weighted by Gasteiger charge is -1.85. The molecule has 1 heterocycles. The molecular weight excluding hydrogens is 190 g/mol. The Kier molecular flexibility index (Phi) is 2.45. The number of nitrogens with one attached hydrogen (secondary N) is 1. The average molecular weight is 201 g/mol. The number of para-hydroxylation sites is 1. The molecule has 0 aliphatic rings. The van der Waals surface area contributed by atoms with Crippen molar-refractivity contribution >= 4 is 22.6 Å². The van der Waals surface area contributed by atoms with Gasteiger partial charge in [-0.2, -0.15) is 5.10 Å². The molecule has 0 saturated carbocycles. The highest BCUT2D eigenvalue weighted by molar-refractivity contribution is 5.83. The summed E-state index contributed by atoms with van der Waals surface area (Å²) in [6, 6.07) is 9.85. The number of rotatable bonds is 1. The van der Waals surface area contributed by atoms with Crippen LogP contribution in [0.5, 0.6) is 0 Å². The van der Waals surface area contributed by atoms with Gasteiger partial charge in [0, 0.05) is 10.9 Å². The molecule has 0 atom stereocenters. The number of hydrazone groups is 1. The molecule has 5 nitrogen and oxygen atoms in total. The molecule has 0 fully saturated rings. The van der Waals surface area contributed by atoms with Crippen LogP contribution in [0.2, 0.25) is 0 Å². The first-order chi connectivity index (χ1) is 7.29. The molecular formula is C10H11N5. The maximum atomic E-state index is 5.04. The summed E-state index contributed by atoms with van der Waals surface area (Å²) in [7, 11) is 0. The van der Waals surface area contributed by atoms with E-state index in [0.717, 1.165) is 10.9 Å². The Balaban J connectivity index is 2.33. The van der Waals surface area contributed by atoms with E-state index in [1.807, 2.05) is 30.3 Å². The van der Waals surface area contributed by atoms with Crippen LogP contribution < -0.4 is 5.84 Å². The normalized spacial score (nSPS) is 12.7. The van der Waals surface area contributed by atoms with Crippen molar-refractivity contribution in [2.75, 3.05) is 0 Å². The molecule has 0 amide bonds. The van der Waals surface area contributed by atoms with E-state index < -0.39 is 0 Å². The van der Waals surface area contributed by atoms with Gasteiger partial charge in [0.1, 0.15) is 0 Å². The Bertz CT molecular complexity index is 490. The molecule has 0 bridgehead atoms. The lowest BCUT2D eigenvalue weighted by molar-refractivity contribution is 1.16. The molecule has 2 aromatic rings. The highest BCUT2D eigenvalue weighted by Crippen LogP contribution is 2.20. The number of benzene rings is 1. The Hall–Kier alpha value is -2.17. The van der Waals surface area contributed by atoms with Crippen LogP contribution in [0.3, 0.4) is 0 Å². The van der Waals surface area contributed by atoms with Gasteiger partial charge >= 0.3 is 0 Å². The second-order valence-corrected chi connectivity index (χ2v) is 3.12. The standard InChI is InChI=1S/C10H11N5/c1-7(13-11)14-15-10-6-8-4-2-3-5-9(8)12-10/h2-6,12H,11H2,1H3/b13-7+,15-14?.